The Labute approximate surface area is 101 Å². The highest BCUT2D eigenvalue weighted by Gasteiger charge is 2.39. The van der Waals surface area contributed by atoms with Gasteiger partial charge in [-0.05, 0) is 18.4 Å². The first-order chi connectivity index (χ1) is 7.73. The second kappa shape index (κ2) is 6.33. The van der Waals surface area contributed by atoms with Crippen LogP contribution < -0.4 is 5.32 Å². The quantitative estimate of drug-likeness (QED) is 0.354. The van der Waals surface area contributed by atoms with Gasteiger partial charge in [0.2, 0.25) is 0 Å². The van der Waals surface area contributed by atoms with E-state index in [1.807, 2.05) is 0 Å². The Morgan fingerprint density at radius 2 is 1.88 bits per heavy atom. The monoisotopic (exact) mass is 269 g/mol. The number of ether oxygens (including phenoxy) is 1. The van der Waals surface area contributed by atoms with E-state index < -0.39 is 18.1 Å². The lowest BCUT2D eigenvalue weighted by molar-refractivity contribution is -0.172. The topological polar surface area (TPSA) is 55.4 Å². The number of rotatable bonds is 3. The Kier molecular flexibility index (Phi) is 5.80. The predicted molar refractivity (Wildman–Crippen MR) is 57.0 cm³/mol. The number of halogens is 3. The first kappa shape index (κ1) is 15.6. The zero-order chi connectivity index (χ0) is 13.6. The van der Waals surface area contributed by atoms with Gasteiger partial charge in [0.15, 0.2) is 0 Å². The van der Waals surface area contributed by atoms with Gasteiger partial charge in [0.25, 0.3) is 0 Å². The third-order valence-corrected chi connectivity index (χ3v) is 1.79. The molecule has 0 spiro atoms. The van der Waals surface area contributed by atoms with E-state index in [0.29, 0.717) is 0 Å². The summed E-state index contributed by atoms with van der Waals surface area (Å²) < 4.78 is 40.3. The average molecular weight is 269 g/mol. The van der Waals surface area contributed by atoms with Crippen LogP contribution in [0.15, 0.2) is 22.8 Å². The molecule has 0 aromatic heterocycles. The van der Waals surface area contributed by atoms with Crippen molar-refractivity contribution in [2.24, 2.45) is 0 Å². The molecule has 1 N–H and O–H groups in total. The molecular weight excluding hydrogens is 259 g/mol. The molecule has 1 amide bonds. The number of hydrogen-bond acceptors (Lipinski definition) is 4. The third-order valence-electron chi connectivity index (χ3n) is 1.64. The summed E-state index contributed by atoms with van der Waals surface area (Å²) in [5.41, 5.74) is -0.496. The maximum atomic E-state index is 12.0. The second-order valence-electron chi connectivity index (χ2n) is 2.80. The van der Waals surface area contributed by atoms with Crippen LogP contribution in [0.2, 0.25) is 0 Å². The Bertz CT molecular complexity index is 374. The van der Waals surface area contributed by atoms with Crippen molar-refractivity contribution in [1.82, 2.24) is 5.32 Å². The maximum Gasteiger partial charge on any atom is 0.471 e. The molecule has 0 radical (unpaired) electrons. The van der Waals surface area contributed by atoms with E-state index in [0.717, 1.165) is 18.6 Å². The van der Waals surface area contributed by atoms with E-state index in [-0.39, 0.29) is 11.3 Å². The van der Waals surface area contributed by atoms with Crippen molar-refractivity contribution in [3.05, 3.63) is 22.8 Å². The molecule has 0 aromatic rings. The van der Waals surface area contributed by atoms with Crippen molar-refractivity contribution in [3.63, 3.8) is 0 Å². The molecule has 0 unspecified atom stereocenters. The Morgan fingerprint density at radius 3 is 2.24 bits per heavy atom. The van der Waals surface area contributed by atoms with E-state index in [1.54, 1.807) is 5.32 Å². The van der Waals surface area contributed by atoms with E-state index >= 15 is 0 Å². The number of allylic oxidation sites excluding steroid dienone is 1. The van der Waals surface area contributed by atoms with Crippen molar-refractivity contribution < 1.29 is 27.5 Å². The number of alkyl halides is 3. The molecule has 96 valence electrons. The number of methoxy groups -OCH3 is 1. The molecule has 0 aliphatic carbocycles. The lowest BCUT2D eigenvalue weighted by atomic mass is 10.2. The van der Waals surface area contributed by atoms with E-state index in [2.05, 4.69) is 17.4 Å². The number of hydrogen-bond donors (Lipinski definition) is 2. The van der Waals surface area contributed by atoms with Gasteiger partial charge >= 0.3 is 18.1 Å². The van der Waals surface area contributed by atoms with Crippen molar-refractivity contribution in [2.45, 2.75) is 13.1 Å². The van der Waals surface area contributed by atoms with Crippen molar-refractivity contribution in [3.8, 4) is 0 Å². The summed E-state index contributed by atoms with van der Waals surface area (Å²) in [5, 5.41) is 2.63. The van der Waals surface area contributed by atoms with Gasteiger partial charge in [-0.25, -0.2) is 4.79 Å². The molecule has 0 saturated carbocycles. The van der Waals surface area contributed by atoms with Gasteiger partial charge in [-0.1, -0.05) is 0 Å². The van der Waals surface area contributed by atoms with Gasteiger partial charge in [0.05, 0.1) is 18.4 Å². The van der Waals surface area contributed by atoms with E-state index in [4.69, 9.17) is 0 Å². The van der Waals surface area contributed by atoms with E-state index in [1.165, 1.54) is 6.92 Å². The number of carbonyl (C=O) groups is 2. The largest absolute Gasteiger partial charge is 0.471 e. The van der Waals surface area contributed by atoms with Gasteiger partial charge in [-0.3, -0.25) is 4.79 Å². The molecule has 0 fully saturated rings. The third kappa shape index (κ3) is 4.94. The summed E-state index contributed by atoms with van der Waals surface area (Å²) in [6.45, 7) is 1.21. The van der Waals surface area contributed by atoms with E-state index in [9.17, 15) is 22.8 Å². The highest BCUT2D eigenvalue weighted by molar-refractivity contribution is 7.83. The van der Waals surface area contributed by atoms with Crippen LogP contribution in [0.5, 0.6) is 0 Å². The Morgan fingerprint density at radius 1 is 1.35 bits per heavy atom. The van der Waals surface area contributed by atoms with Crippen LogP contribution in [0, 0.1) is 0 Å². The van der Waals surface area contributed by atoms with Gasteiger partial charge in [-0.15, -0.1) is 0 Å². The molecule has 4 nitrogen and oxygen atoms in total. The SMILES string of the molecule is COC(=O)/C(C)=C(/C=C\S)NC(=O)C(F)(F)F. The molecule has 0 saturated heterocycles. The van der Waals surface area contributed by atoms with Crippen molar-refractivity contribution >= 4 is 24.5 Å². The number of thiol groups is 1. The molecule has 0 atom stereocenters. The normalized spacial score (nSPS) is 13.3. The Balaban J connectivity index is 5.15. The molecule has 17 heavy (non-hydrogen) atoms. The van der Waals surface area contributed by atoms with Crippen LogP contribution in [0.1, 0.15) is 6.92 Å². The molecule has 0 aliphatic heterocycles. The predicted octanol–water partition coefficient (Wildman–Crippen LogP) is 1.56. The minimum Gasteiger partial charge on any atom is -0.466 e. The highest BCUT2D eigenvalue weighted by Crippen LogP contribution is 2.16. The number of esters is 1. The van der Waals surface area contributed by atoms with Crippen LogP contribution in [0.4, 0.5) is 13.2 Å². The van der Waals surface area contributed by atoms with Crippen LogP contribution >= 0.6 is 12.6 Å². The van der Waals surface area contributed by atoms with Gasteiger partial charge < -0.3 is 10.1 Å². The van der Waals surface area contributed by atoms with Crippen LogP contribution in [0.3, 0.4) is 0 Å². The van der Waals surface area contributed by atoms with Gasteiger partial charge in [-0.2, -0.15) is 25.8 Å². The highest BCUT2D eigenvalue weighted by atomic mass is 32.1. The first-order valence-electron chi connectivity index (χ1n) is 4.22. The second-order valence-corrected chi connectivity index (χ2v) is 3.10. The molecule has 0 rings (SSSR count). The Hall–Kier alpha value is -1.44. The average Bonchev–Trinajstić information content (AvgIpc) is 2.25. The lowest BCUT2D eigenvalue weighted by Gasteiger charge is -2.10. The smallest absolute Gasteiger partial charge is 0.466 e. The zero-order valence-corrected chi connectivity index (χ0v) is 9.85. The number of amides is 1. The molecule has 8 heteroatoms. The zero-order valence-electron chi connectivity index (χ0n) is 8.96. The standard InChI is InChI=1S/C9H10F3NO3S/c1-5(7(14)16-2)6(3-4-17)13-8(15)9(10,11)12/h3-4,17H,1-2H3,(H,13,15)/b4-3-,6-5-. The summed E-state index contributed by atoms with van der Waals surface area (Å²) in [7, 11) is 1.07. The minimum atomic E-state index is -5.04. The van der Waals surface area contributed by atoms with Crippen LogP contribution in [-0.4, -0.2) is 25.2 Å². The summed E-state index contributed by atoms with van der Waals surface area (Å²) in [4.78, 5) is 21.8. The summed E-state index contributed by atoms with van der Waals surface area (Å²) in [6, 6.07) is 0. The lowest BCUT2D eigenvalue weighted by Crippen LogP contribution is -2.36. The number of nitrogens with one attached hydrogen (secondary N) is 1. The van der Waals surface area contributed by atoms with Crippen LogP contribution in [0.25, 0.3) is 0 Å². The van der Waals surface area contributed by atoms with Crippen LogP contribution in [-0.2, 0) is 14.3 Å². The first-order valence-corrected chi connectivity index (χ1v) is 4.73. The fourth-order valence-corrected chi connectivity index (χ4v) is 0.940. The molecule has 0 aliphatic rings. The van der Waals surface area contributed by atoms with Crippen molar-refractivity contribution in [2.75, 3.05) is 7.11 Å². The molecular formula is C9H10F3NO3S. The fraction of sp³-hybridized carbons (Fsp3) is 0.333. The summed E-state index contributed by atoms with van der Waals surface area (Å²) in [6.07, 6.45) is -3.99. The number of carbonyl (C=O) groups excluding carboxylic acids is 2. The van der Waals surface area contributed by atoms with Gasteiger partial charge in [0, 0.05) is 0 Å². The summed E-state index contributed by atoms with van der Waals surface area (Å²) in [5.74, 6) is -3.03. The van der Waals surface area contributed by atoms with Gasteiger partial charge in [0.1, 0.15) is 0 Å². The van der Waals surface area contributed by atoms with Crippen molar-refractivity contribution in [1.29, 1.82) is 0 Å². The minimum absolute atomic E-state index is 0.171. The molecule has 0 aromatic carbocycles. The summed E-state index contributed by atoms with van der Waals surface area (Å²) >= 11 is 3.65. The molecule has 0 heterocycles. The molecule has 0 bridgehead atoms. The fourth-order valence-electron chi connectivity index (χ4n) is 0.791. The maximum absolute atomic E-state index is 12.0.